The van der Waals surface area contributed by atoms with Crippen molar-refractivity contribution in [2.24, 2.45) is 0 Å². The van der Waals surface area contributed by atoms with E-state index in [0.717, 1.165) is 5.56 Å². The predicted octanol–water partition coefficient (Wildman–Crippen LogP) is 4.26. The van der Waals surface area contributed by atoms with E-state index in [-0.39, 0.29) is 40.5 Å². The van der Waals surface area contributed by atoms with E-state index in [1.807, 2.05) is 30.3 Å². The summed E-state index contributed by atoms with van der Waals surface area (Å²) in [5.74, 6) is -1.79. The SMILES string of the molecule is CCOC(=O)C1=C(C)NC(C)=C(C(=O)OCc2ccccc2)C1c1nc(Cl)c(Cl)[nH]1. The lowest BCUT2D eigenvalue weighted by molar-refractivity contribution is -0.141. The fourth-order valence-corrected chi connectivity index (χ4v) is 3.58. The van der Waals surface area contributed by atoms with E-state index in [9.17, 15) is 9.59 Å². The van der Waals surface area contributed by atoms with E-state index in [2.05, 4.69) is 15.3 Å². The number of benzene rings is 1. The van der Waals surface area contributed by atoms with Crippen molar-refractivity contribution in [1.29, 1.82) is 0 Å². The second-order valence-corrected chi connectivity index (χ2v) is 7.38. The van der Waals surface area contributed by atoms with Gasteiger partial charge in [0.05, 0.1) is 23.7 Å². The van der Waals surface area contributed by atoms with Gasteiger partial charge in [0.15, 0.2) is 5.15 Å². The van der Waals surface area contributed by atoms with Crippen LogP contribution in [0.5, 0.6) is 0 Å². The third kappa shape index (κ3) is 4.52. The number of esters is 2. The Balaban J connectivity index is 2.00. The molecule has 0 spiro atoms. The number of ether oxygens (including phenoxy) is 2. The monoisotopic (exact) mass is 449 g/mol. The summed E-state index contributed by atoms with van der Waals surface area (Å²) in [6.07, 6.45) is 0. The number of aromatic amines is 1. The topological polar surface area (TPSA) is 93.3 Å². The largest absolute Gasteiger partial charge is 0.463 e. The molecule has 1 aliphatic rings. The standard InChI is InChI=1S/C21H21Cl2N3O4/c1-4-29-20(27)14-11(2)24-12(3)15(16(14)19-25-17(22)18(23)26-19)21(28)30-10-13-8-6-5-7-9-13/h5-9,16,24H,4,10H2,1-3H3,(H,25,26). The van der Waals surface area contributed by atoms with Gasteiger partial charge in [0.1, 0.15) is 17.6 Å². The van der Waals surface area contributed by atoms with Gasteiger partial charge in [0, 0.05) is 11.4 Å². The Labute approximate surface area is 184 Å². The van der Waals surface area contributed by atoms with Gasteiger partial charge in [-0.2, -0.15) is 0 Å². The Kier molecular flexibility index (Phi) is 6.84. The van der Waals surface area contributed by atoms with Crippen molar-refractivity contribution < 1.29 is 19.1 Å². The lowest BCUT2D eigenvalue weighted by Gasteiger charge is -2.29. The Bertz CT molecular complexity index is 1010. The Morgan fingerprint density at radius 2 is 1.63 bits per heavy atom. The number of rotatable bonds is 6. The summed E-state index contributed by atoms with van der Waals surface area (Å²) >= 11 is 12.1. The zero-order valence-corrected chi connectivity index (χ0v) is 18.2. The van der Waals surface area contributed by atoms with E-state index in [0.29, 0.717) is 11.4 Å². The van der Waals surface area contributed by atoms with Crippen LogP contribution in [0.15, 0.2) is 52.9 Å². The van der Waals surface area contributed by atoms with Crippen LogP contribution < -0.4 is 5.32 Å². The van der Waals surface area contributed by atoms with Crippen LogP contribution in [-0.4, -0.2) is 28.5 Å². The highest BCUT2D eigenvalue weighted by atomic mass is 35.5. The first-order valence-corrected chi connectivity index (χ1v) is 10.1. The zero-order valence-electron chi connectivity index (χ0n) is 16.7. The molecule has 0 fully saturated rings. The van der Waals surface area contributed by atoms with Crippen LogP contribution in [0.4, 0.5) is 0 Å². The third-order valence-corrected chi connectivity index (χ3v) is 5.24. The van der Waals surface area contributed by atoms with Crippen molar-refractivity contribution >= 4 is 35.1 Å². The number of hydrogen-bond donors (Lipinski definition) is 2. The van der Waals surface area contributed by atoms with Crippen LogP contribution >= 0.6 is 23.2 Å². The van der Waals surface area contributed by atoms with Crippen LogP contribution in [0.1, 0.15) is 38.1 Å². The molecule has 2 aromatic rings. The van der Waals surface area contributed by atoms with E-state index < -0.39 is 17.9 Å². The van der Waals surface area contributed by atoms with E-state index >= 15 is 0 Å². The van der Waals surface area contributed by atoms with Crippen molar-refractivity contribution in [2.45, 2.75) is 33.3 Å². The zero-order chi connectivity index (χ0) is 21.8. The van der Waals surface area contributed by atoms with Gasteiger partial charge in [-0.3, -0.25) is 0 Å². The van der Waals surface area contributed by atoms with Gasteiger partial charge in [0.25, 0.3) is 0 Å². The van der Waals surface area contributed by atoms with Crippen LogP contribution in [0.25, 0.3) is 0 Å². The molecule has 9 heteroatoms. The molecule has 0 aliphatic carbocycles. The number of allylic oxidation sites excluding steroid dienone is 2. The molecule has 2 heterocycles. The molecule has 7 nitrogen and oxygen atoms in total. The van der Waals surface area contributed by atoms with Crippen LogP contribution in [0, 0.1) is 0 Å². The predicted molar refractivity (Wildman–Crippen MR) is 113 cm³/mol. The van der Waals surface area contributed by atoms with E-state index in [4.69, 9.17) is 32.7 Å². The molecular formula is C21H21Cl2N3O4. The Morgan fingerprint density at radius 3 is 2.17 bits per heavy atom. The normalized spacial score (nSPS) is 16.4. The summed E-state index contributed by atoms with van der Waals surface area (Å²) in [7, 11) is 0. The average Bonchev–Trinajstić information content (AvgIpc) is 3.04. The molecule has 0 radical (unpaired) electrons. The maximum Gasteiger partial charge on any atom is 0.337 e. The van der Waals surface area contributed by atoms with Crippen LogP contribution in [0.3, 0.4) is 0 Å². The molecule has 0 amide bonds. The fraction of sp³-hybridized carbons (Fsp3) is 0.286. The number of H-pyrrole nitrogens is 1. The Hall–Kier alpha value is -2.77. The molecule has 1 aromatic carbocycles. The summed E-state index contributed by atoms with van der Waals surface area (Å²) in [5.41, 5.74) is 2.37. The van der Waals surface area contributed by atoms with Crippen molar-refractivity contribution in [2.75, 3.05) is 6.61 Å². The molecule has 1 aliphatic heterocycles. The number of aromatic nitrogens is 2. The quantitative estimate of drug-likeness (QED) is 0.639. The van der Waals surface area contributed by atoms with Crippen molar-refractivity contribution in [3.05, 3.63) is 74.6 Å². The van der Waals surface area contributed by atoms with Crippen LogP contribution in [-0.2, 0) is 25.7 Å². The maximum atomic E-state index is 13.1. The van der Waals surface area contributed by atoms with E-state index in [1.54, 1.807) is 20.8 Å². The molecule has 30 heavy (non-hydrogen) atoms. The maximum absolute atomic E-state index is 13.1. The fourth-order valence-electron chi connectivity index (χ4n) is 3.30. The highest BCUT2D eigenvalue weighted by Crippen LogP contribution is 2.39. The second kappa shape index (κ2) is 9.36. The molecule has 3 rings (SSSR count). The van der Waals surface area contributed by atoms with Gasteiger partial charge in [-0.1, -0.05) is 53.5 Å². The number of imidazole rings is 1. The highest BCUT2D eigenvalue weighted by molar-refractivity contribution is 6.40. The minimum Gasteiger partial charge on any atom is -0.463 e. The molecular weight excluding hydrogens is 429 g/mol. The Morgan fingerprint density at radius 1 is 1.03 bits per heavy atom. The molecule has 1 atom stereocenters. The number of carbonyl (C=O) groups excluding carboxylic acids is 2. The van der Waals surface area contributed by atoms with Gasteiger partial charge in [-0.15, -0.1) is 0 Å². The van der Waals surface area contributed by atoms with Crippen LogP contribution in [0.2, 0.25) is 10.3 Å². The number of dihydropyridines is 1. The summed E-state index contributed by atoms with van der Waals surface area (Å²) < 4.78 is 10.7. The molecule has 0 bridgehead atoms. The first kappa shape index (κ1) is 21.9. The number of hydrogen-bond acceptors (Lipinski definition) is 6. The summed E-state index contributed by atoms with van der Waals surface area (Å²) in [4.78, 5) is 32.9. The number of carbonyl (C=O) groups is 2. The van der Waals surface area contributed by atoms with Crippen molar-refractivity contribution in [3.8, 4) is 0 Å². The molecule has 1 unspecified atom stereocenters. The number of halogens is 2. The first-order valence-electron chi connectivity index (χ1n) is 9.31. The average molecular weight is 450 g/mol. The minimum atomic E-state index is -0.876. The second-order valence-electron chi connectivity index (χ2n) is 6.64. The van der Waals surface area contributed by atoms with Gasteiger partial charge >= 0.3 is 11.9 Å². The lowest BCUT2D eigenvalue weighted by Crippen LogP contribution is -2.33. The third-order valence-electron chi connectivity index (χ3n) is 4.60. The van der Waals surface area contributed by atoms with Gasteiger partial charge < -0.3 is 19.8 Å². The molecule has 1 aromatic heterocycles. The summed E-state index contributed by atoms with van der Waals surface area (Å²) in [6, 6.07) is 9.30. The minimum absolute atomic E-state index is 0.0423. The summed E-state index contributed by atoms with van der Waals surface area (Å²) in [5, 5.41) is 3.22. The van der Waals surface area contributed by atoms with Gasteiger partial charge in [0.2, 0.25) is 0 Å². The first-order chi connectivity index (χ1) is 14.3. The van der Waals surface area contributed by atoms with E-state index in [1.165, 1.54) is 0 Å². The molecule has 2 N–H and O–H groups in total. The molecule has 158 valence electrons. The highest BCUT2D eigenvalue weighted by Gasteiger charge is 2.40. The lowest BCUT2D eigenvalue weighted by atomic mass is 9.85. The smallest absolute Gasteiger partial charge is 0.337 e. The van der Waals surface area contributed by atoms with Crippen molar-refractivity contribution in [3.63, 3.8) is 0 Å². The summed E-state index contributed by atoms with van der Waals surface area (Å²) in [6.45, 7) is 5.42. The van der Waals surface area contributed by atoms with Gasteiger partial charge in [-0.05, 0) is 26.3 Å². The van der Waals surface area contributed by atoms with Gasteiger partial charge in [-0.25, -0.2) is 14.6 Å². The van der Waals surface area contributed by atoms with Crippen molar-refractivity contribution in [1.82, 2.24) is 15.3 Å². The number of nitrogens with one attached hydrogen (secondary N) is 2. The molecule has 0 saturated heterocycles. The molecule has 0 saturated carbocycles. The number of nitrogens with zero attached hydrogens (tertiary/aromatic N) is 1.